The minimum absolute atomic E-state index is 0.0642. The Hall–Kier alpha value is -2.62. The van der Waals surface area contributed by atoms with Crippen molar-refractivity contribution in [3.8, 4) is 0 Å². The second-order valence-electron chi connectivity index (χ2n) is 11.1. The molecule has 2 amide bonds. The highest BCUT2D eigenvalue weighted by Crippen LogP contribution is 2.39. The summed E-state index contributed by atoms with van der Waals surface area (Å²) in [6.07, 6.45) is 2.84. The minimum Gasteiger partial charge on any atom is -0.340 e. The van der Waals surface area contributed by atoms with E-state index in [1.54, 1.807) is 49.1 Å². The van der Waals surface area contributed by atoms with Crippen LogP contribution in [0.1, 0.15) is 50.7 Å². The van der Waals surface area contributed by atoms with Crippen molar-refractivity contribution in [3.05, 3.63) is 52.5 Å². The van der Waals surface area contributed by atoms with Gasteiger partial charge in [-0.25, -0.2) is 8.42 Å². The first kappa shape index (κ1) is 29.4. The van der Waals surface area contributed by atoms with Gasteiger partial charge < -0.3 is 15.1 Å². The van der Waals surface area contributed by atoms with Crippen LogP contribution in [-0.4, -0.2) is 68.8 Å². The van der Waals surface area contributed by atoms with Gasteiger partial charge in [0.05, 0.1) is 22.7 Å². The summed E-state index contributed by atoms with van der Waals surface area (Å²) in [5.41, 5.74) is 1.81. The Morgan fingerprint density at radius 1 is 1.13 bits per heavy atom. The number of para-hydroxylation sites is 2. The van der Waals surface area contributed by atoms with Gasteiger partial charge in [0.25, 0.3) is 10.0 Å². The molecule has 1 atom stereocenters. The number of hydrogen-bond donors (Lipinski definition) is 1. The number of rotatable bonds is 8. The molecule has 1 N–H and O–H groups in total. The van der Waals surface area contributed by atoms with Gasteiger partial charge in [0.2, 0.25) is 11.8 Å². The third kappa shape index (κ3) is 6.26. The number of benzene rings is 2. The van der Waals surface area contributed by atoms with Gasteiger partial charge in [-0.2, -0.15) is 0 Å². The number of amides is 2. The molecule has 1 saturated heterocycles. The SMILES string of the molecule is Cc1cc(S(=O)(=O)N2c3ccccc3NC(=O)C2CC(=O)N(CCC2CCN(C)CC2)C(C)C)c(C)cc1Cl. The van der Waals surface area contributed by atoms with E-state index in [1.807, 2.05) is 13.8 Å². The zero-order chi connectivity index (χ0) is 28.5. The molecule has 4 rings (SSSR count). The van der Waals surface area contributed by atoms with Crippen LogP contribution in [0.2, 0.25) is 5.02 Å². The zero-order valence-electron chi connectivity index (χ0n) is 23.4. The van der Waals surface area contributed by atoms with Crippen LogP contribution in [0.5, 0.6) is 0 Å². The van der Waals surface area contributed by atoms with E-state index in [9.17, 15) is 18.0 Å². The Bertz CT molecular complexity index is 1340. The molecule has 2 aliphatic heterocycles. The lowest BCUT2D eigenvalue weighted by Crippen LogP contribution is -2.53. The fraction of sp³-hybridized carbons (Fsp3) is 0.517. The molecule has 0 saturated carbocycles. The van der Waals surface area contributed by atoms with Crippen molar-refractivity contribution in [2.24, 2.45) is 5.92 Å². The Morgan fingerprint density at radius 2 is 1.79 bits per heavy atom. The predicted molar refractivity (Wildman–Crippen MR) is 156 cm³/mol. The molecule has 39 heavy (non-hydrogen) atoms. The number of carbonyl (C=O) groups is 2. The molecule has 2 heterocycles. The van der Waals surface area contributed by atoms with E-state index in [4.69, 9.17) is 11.6 Å². The summed E-state index contributed by atoms with van der Waals surface area (Å²) in [5.74, 6) is -0.206. The number of halogens is 1. The number of sulfonamides is 1. The lowest BCUT2D eigenvalue weighted by Gasteiger charge is -2.38. The number of carbonyl (C=O) groups excluding carboxylic acids is 2. The van der Waals surface area contributed by atoms with E-state index >= 15 is 0 Å². The fourth-order valence-corrected chi connectivity index (χ4v) is 7.64. The number of anilines is 2. The summed E-state index contributed by atoms with van der Waals surface area (Å²) in [4.78, 5) is 31.3. The number of nitrogens with zero attached hydrogens (tertiary/aromatic N) is 3. The second kappa shape index (κ2) is 11.9. The van der Waals surface area contributed by atoms with Crippen LogP contribution in [0.25, 0.3) is 0 Å². The van der Waals surface area contributed by atoms with Crippen LogP contribution in [0.15, 0.2) is 41.3 Å². The summed E-state index contributed by atoms with van der Waals surface area (Å²) in [6, 6.07) is 8.62. The molecule has 0 bridgehead atoms. The Kier molecular flexibility index (Phi) is 8.93. The van der Waals surface area contributed by atoms with Crippen molar-refractivity contribution in [2.75, 3.05) is 36.3 Å². The van der Waals surface area contributed by atoms with Crippen molar-refractivity contribution in [2.45, 2.75) is 70.4 Å². The maximum Gasteiger partial charge on any atom is 0.265 e. The summed E-state index contributed by atoms with van der Waals surface area (Å²) in [7, 11) is -2.09. The van der Waals surface area contributed by atoms with Crippen LogP contribution in [0.4, 0.5) is 11.4 Å². The first-order chi connectivity index (χ1) is 18.4. The molecule has 0 aromatic heterocycles. The molecule has 2 aliphatic rings. The third-order valence-electron chi connectivity index (χ3n) is 7.91. The average Bonchev–Trinajstić information content (AvgIpc) is 2.87. The Morgan fingerprint density at radius 3 is 2.46 bits per heavy atom. The molecule has 1 fully saturated rings. The molecule has 10 heteroatoms. The lowest BCUT2D eigenvalue weighted by molar-refractivity contribution is -0.135. The second-order valence-corrected chi connectivity index (χ2v) is 13.3. The van der Waals surface area contributed by atoms with E-state index < -0.39 is 22.0 Å². The summed E-state index contributed by atoms with van der Waals surface area (Å²) in [6.45, 7) is 10.0. The van der Waals surface area contributed by atoms with E-state index in [0.717, 1.165) is 36.7 Å². The lowest BCUT2D eigenvalue weighted by atomic mass is 9.93. The smallest absolute Gasteiger partial charge is 0.265 e. The molecule has 0 aliphatic carbocycles. The van der Waals surface area contributed by atoms with Crippen molar-refractivity contribution in [1.82, 2.24) is 9.80 Å². The van der Waals surface area contributed by atoms with Crippen LogP contribution >= 0.6 is 11.6 Å². The van der Waals surface area contributed by atoms with Gasteiger partial charge in [0.15, 0.2) is 0 Å². The number of piperidine rings is 1. The monoisotopic (exact) mass is 574 g/mol. The molecular weight excluding hydrogens is 536 g/mol. The van der Waals surface area contributed by atoms with Crippen molar-refractivity contribution in [3.63, 3.8) is 0 Å². The zero-order valence-corrected chi connectivity index (χ0v) is 25.0. The summed E-state index contributed by atoms with van der Waals surface area (Å²) in [5, 5.41) is 3.28. The van der Waals surface area contributed by atoms with Gasteiger partial charge in [-0.3, -0.25) is 13.9 Å². The molecule has 8 nitrogen and oxygen atoms in total. The van der Waals surface area contributed by atoms with Crippen LogP contribution in [-0.2, 0) is 19.6 Å². The highest BCUT2D eigenvalue weighted by atomic mass is 35.5. The molecule has 1 unspecified atom stereocenters. The van der Waals surface area contributed by atoms with Gasteiger partial charge in [-0.15, -0.1) is 0 Å². The van der Waals surface area contributed by atoms with Gasteiger partial charge in [-0.05, 0) is 108 Å². The van der Waals surface area contributed by atoms with Gasteiger partial charge in [0.1, 0.15) is 6.04 Å². The largest absolute Gasteiger partial charge is 0.340 e. The standard InChI is InChI=1S/C29H39ClN4O4S/c1-19(2)33(15-12-22-10-13-32(5)14-11-22)28(35)18-26-29(36)31-24-8-6-7-9-25(24)34(26)39(37,38)27-17-20(3)23(30)16-21(27)4/h6-9,16-17,19,22,26H,10-15,18H2,1-5H3,(H,31,36). The molecule has 2 aromatic carbocycles. The van der Waals surface area contributed by atoms with Crippen molar-refractivity contribution in [1.29, 1.82) is 0 Å². The van der Waals surface area contributed by atoms with Gasteiger partial charge in [0, 0.05) is 17.6 Å². The van der Waals surface area contributed by atoms with E-state index in [0.29, 0.717) is 40.0 Å². The van der Waals surface area contributed by atoms with Crippen molar-refractivity contribution < 1.29 is 18.0 Å². The number of fused-ring (bicyclic) bond motifs is 1. The minimum atomic E-state index is -4.22. The highest BCUT2D eigenvalue weighted by Gasteiger charge is 2.43. The first-order valence-corrected chi connectivity index (χ1v) is 15.4. The number of hydrogen-bond acceptors (Lipinski definition) is 5. The summed E-state index contributed by atoms with van der Waals surface area (Å²) < 4.78 is 29.5. The quantitative estimate of drug-likeness (QED) is 0.488. The number of aryl methyl sites for hydroxylation is 2. The fourth-order valence-electron chi connectivity index (χ4n) is 5.50. The number of nitrogens with one attached hydrogen (secondary N) is 1. The van der Waals surface area contributed by atoms with Gasteiger partial charge >= 0.3 is 0 Å². The maximum atomic E-state index is 14.2. The topological polar surface area (TPSA) is 90.0 Å². The first-order valence-electron chi connectivity index (χ1n) is 13.6. The predicted octanol–water partition coefficient (Wildman–Crippen LogP) is 4.83. The summed E-state index contributed by atoms with van der Waals surface area (Å²) >= 11 is 6.26. The number of likely N-dealkylation sites (tertiary alicyclic amines) is 1. The maximum absolute atomic E-state index is 14.2. The molecule has 212 valence electrons. The third-order valence-corrected chi connectivity index (χ3v) is 10.3. The van der Waals surface area contributed by atoms with Crippen LogP contribution < -0.4 is 9.62 Å². The van der Waals surface area contributed by atoms with Gasteiger partial charge in [-0.1, -0.05) is 23.7 Å². The normalized spacial score (nSPS) is 18.7. The van der Waals surface area contributed by atoms with Crippen LogP contribution in [0.3, 0.4) is 0 Å². The van der Waals surface area contributed by atoms with E-state index in [2.05, 4.69) is 17.3 Å². The van der Waals surface area contributed by atoms with Crippen LogP contribution in [0, 0.1) is 19.8 Å². The molecule has 0 radical (unpaired) electrons. The molecule has 2 aromatic rings. The molecule has 0 spiro atoms. The Labute approximate surface area is 237 Å². The van der Waals surface area contributed by atoms with E-state index in [-0.39, 0.29) is 23.3 Å². The average molecular weight is 575 g/mol. The van der Waals surface area contributed by atoms with Crippen molar-refractivity contribution >= 4 is 44.8 Å². The van der Waals surface area contributed by atoms with E-state index in [1.165, 1.54) is 6.07 Å². The Balaban J connectivity index is 1.65. The highest BCUT2D eigenvalue weighted by molar-refractivity contribution is 7.93. The molecular formula is C29H39ClN4O4S.